The second kappa shape index (κ2) is 9.78. The molecule has 1 atom stereocenters. The van der Waals surface area contributed by atoms with Crippen LogP contribution >= 0.6 is 0 Å². The van der Waals surface area contributed by atoms with Gasteiger partial charge in [0.05, 0.1) is 13.1 Å². The third-order valence-corrected chi connectivity index (χ3v) is 5.13. The van der Waals surface area contributed by atoms with Gasteiger partial charge in [-0.3, -0.25) is 0 Å². The van der Waals surface area contributed by atoms with Crippen LogP contribution in [0.3, 0.4) is 0 Å². The molecule has 7 nitrogen and oxygen atoms in total. The summed E-state index contributed by atoms with van der Waals surface area (Å²) in [5, 5.41) is 17.2. The number of rotatable bonds is 7. The van der Waals surface area contributed by atoms with Crippen LogP contribution in [0.2, 0.25) is 0 Å². The summed E-state index contributed by atoms with van der Waals surface area (Å²) in [4.78, 5) is 11.6. The lowest BCUT2D eigenvalue weighted by molar-refractivity contribution is 0.0378. The summed E-state index contributed by atoms with van der Waals surface area (Å²) in [5.74, 6) is 3.01. The fourth-order valence-corrected chi connectivity index (χ4v) is 3.43. The van der Waals surface area contributed by atoms with E-state index in [1.807, 2.05) is 32.2 Å². The number of anilines is 1. The molecule has 7 heteroatoms. The summed E-state index contributed by atoms with van der Waals surface area (Å²) < 4.78 is 5.58. The fourth-order valence-electron chi connectivity index (χ4n) is 3.43. The Morgan fingerprint density at radius 2 is 2.03 bits per heavy atom. The first-order valence-corrected chi connectivity index (χ1v) is 10.5. The Morgan fingerprint density at radius 1 is 1.24 bits per heavy atom. The number of aliphatic imine (C=N–C) groups is 1. The number of furan rings is 1. The smallest absolute Gasteiger partial charge is 0.191 e. The SMILES string of the molecule is CCNC(=NCc1ccnc(N2CCCCC2)c1)NCC(C)(O)c1ccc(C)o1. The summed E-state index contributed by atoms with van der Waals surface area (Å²) in [6.45, 7) is 9.34. The molecule has 1 fully saturated rings. The van der Waals surface area contributed by atoms with E-state index in [2.05, 4.69) is 31.6 Å². The van der Waals surface area contributed by atoms with Gasteiger partial charge < -0.3 is 25.1 Å². The van der Waals surface area contributed by atoms with E-state index in [4.69, 9.17) is 4.42 Å². The van der Waals surface area contributed by atoms with Crippen molar-refractivity contribution >= 4 is 11.8 Å². The van der Waals surface area contributed by atoms with E-state index >= 15 is 0 Å². The summed E-state index contributed by atoms with van der Waals surface area (Å²) in [6.07, 6.45) is 5.63. The van der Waals surface area contributed by atoms with Gasteiger partial charge in [-0.1, -0.05) is 0 Å². The monoisotopic (exact) mass is 399 g/mol. The lowest BCUT2D eigenvalue weighted by Gasteiger charge is -2.27. The quantitative estimate of drug-likeness (QED) is 0.490. The first kappa shape index (κ1) is 21.2. The van der Waals surface area contributed by atoms with Gasteiger partial charge in [0.15, 0.2) is 5.96 Å². The average molecular weight is 400 g/mol. The Kier molecular flexibility index (Phi) is 7.14. The van der Waals surface area contributed by atoms with Crippen LogP contribution in [0.5, 0.6) is 0 Å². The number of aromatic nitrogens is 1. The van der Waals surface area contributed by atoms with Crippen LogP contribution < -0.4 is 15.5 Å². The van der Waals surface area contributed by atoms with E-state index in [-0.39, 0.29) is 0 Å². The molecular weight excluding hydrogens is 366 g/mol. The molecule has 0 spiro atoms. The van der Waals surface area contributed by atoms with Crippen molar-refractivity contribution in [2.45, 2.75) is 52.2 Å². The van der Waals surface area contributed by atoms with Gasteiger partial charge in [-0.2, -0.15) is 0 Å². The van der Waals surface area contributed by atoms with Crippen molar-refractivity contribution in [1.29, 1.82) is 0 Å². The fraction of sp³-hybridized carbons (Fsp3) is 0.545. The van der Waals surface area contributed by atoms with Crippen LogP contribution in [0.4, 0.5) is 5.82 Å². The molecule has 2 aromatic rings. The topological polar surface area (TPSA) is 85.9 Å². The second-order valence-electron chi connectivity index (χ2n) is 7.80. The van der Waals surface area contributed by atoms with Crippen molar-refractivity contribution in [2.24, 2.45) is 4.99 Å². The van der Waals surface area contributed by atoms with Crippen molar-refractivity contribution in [2.75, 3.05) is 31.1 Å². The maximum atomic E-state index is 10.7. The van der Waals surface area contributed by atoms with Gasteiger partial charge in [-0.15, -0.1) is 0 Å². The number of nitrogens with zero attached hydrogens (tertiary/aromatic N) is 3. The van der Waals surface area contributed by atoms with E-state index < -0.39 is 5.60 Å². The molecule has 0 radical (unpaired) electrons. The maximum absolute atomic E-state index is 10.7. The first-order valence-electron chi connectivity index (χ1n) is 10.5. The lowest BCUT2D eigenvalue weighted by atomic mass is 10.0. The minimum absolute atomic E-state index is 0.293. The molecule has 3 N–H and O–H groups in total. The molecule has 0 aliphatic carbocycles. The second-order valence-corrected chi connectivity index (χ2v) is 7.80. The number of pyridine rings is 1. The highest BCUT2D eigenvalue weighted by Gasteiger charge is 2.27. The molecule has 1 saturated heterocycles. The van der Waals surface area contributed by atoms with Gasteiger partial charge in [0.1, 0.15) is 22.9 Å². The van der Waals surface area contributed by atoms with Crippen molar-refractivity contribution in [1.82, 2.24) is 15.6 Å². The van der Waals surface area contributed by atoms with Crippen LogP contribution in [-0.4, -0.2) is 42.2 Å². The van der Waals surface area contributed by atoms with Crippen LogP contribution in [0, 0.1) is 6.92 Å². The molecule has 0 saturated carbocycles. The van der Waals surface area contributed by atoms with Gasteiger partial charge in [0.2, 0.25) is 0 Å². The minimum atomic E-state index is -1.12. The van der Waals surface area contributed by atoms with E-state index in [1.165, 1.54) is 19.3 Å². The molecule has 2 aromatic heterocycles. The molecule has 1 aliphatic rings. The van der Waals surface area contributed by atoms with E-state index in [0.717, 1.165) is 36.8 Å². The predicted octanol–water partition coefficient (Wildman–Crippen LogP) is 2.94. The number of hydrogen-bond donors (Lipinski definition) is 3. The highest BCUT2D eigenvalue weighted by atomic mass is 16.4. The van der Waals surface area contributed by atoms with Crippen molar-refractivity contribution < 1.29 is 9.52 Å². The largest absolute Gasteiger partial charge is 0.463 e. The maximum Gasteiger partial charge on any atom is 0.191 e. The first-order chi connectivity index (χ1) is 14.0. The molecule has 0 bridgehead atoms. The van der Waals surface area contributed by atoms with Gasteiger partial charge in [0.25, 0.3) is 0 Å². The number of nitrogens with one attached hydrogen (secondary N) is 2. The summed E-state index contributed by atoms with van der Waals surface area (Å²) in [6, 6.07) is 7.79. The molecule has 29 heavy (non-hydrogen) atoms. The number of aliphatic hydroxyl groups is 1. The average Bonchev–Trinajstić information content (AvgIpc) is 3.18. The third-order valence-electron chi connectivity index (χ3n) is 5.13. The zero-order chi connectivity index (χ0) is 20.7. The number of piperidine rings is 1. The molecule has 3 heterocycles. The van der Waals surface area contributed by atoms with Gasteiger partial charge >= 0.3 is 0 Å². The van der Waals surface area contributed by atoms with Crippen LogP contribution in [0.1, 0.15) is 50.2 Å². The van der Waals surface area contributed by atoms with Gasteiger partial charge in [0, 0.05) is 25.8 Å². The Morgan fingerprint density at radius 3 is 2.72 bits per heavy atom. The van der Waals surface area contributed by atoms with Crippen LogP contribution in [-0.2, 0) is 12.1 Å². The van der Waals surface area contributed by atoms with E-state index in [9.17, 15) is 5.11 Å². The number of hydrogen-bond acceptors (Lipinski definition) is 5. The van der Waals surface area contributed by atoms with Gasteiger partial charge in [-0.05, 0) is 69.9 Å². The highest BCUT2D eigenvalue weighted by Crippen LogP contribution is 2.22. The Balaban J connectivity index is 1.63. The summed E-state index contributed by atoms with van der Waals surface area (Å²) in [5.41, 5.74) is -0.00562. The minimum Gasteiger partial charge on any atom is -0.463 e. The number of aryl methyl sites for hydroxylation is 1. The van der Waals surface area contributed by atoms with Gasteiger partial charge in [-0.25, -0.2) is 9.98 Å². The third kappa shape index (κ3) is 5.97. The van der Waals surface area contributed by atoms with E-state index in [0.29, 0.717) is 24.8 Å². The standard InChI is InChI=1S/C22H33N5O2/c1-4-23-21(26-16-22(3,28)19-9-8-17(2)29-19)25-15-18-10-11-24-20(14-18)27-12-6-5-7-13-27/h8-11,14,28H,4-7,12-13,15-16H2,1-3H3,(H2,23,25,26). The Labute approximate surface area is 173 Å². The molecule has 158 valence electrons. The zero-order valence-corrected chi connectivity index (χ0v) is 17.7. The normalized spacial score (nSPS) is 17.1. The molecular formula is C22H33N5O2. The molecule has 1 unspecified atom stereocenters. The molecule has 1 aliphatic heterocycles. The molecule has 0 aromatic carbocycles. The zero-order valence-electron chi connectivity index (χ0n) is 17.7. The summed E-state index contributed by atoms with van der Waals surface area (Å²) in [7, 11) is 0. The van der Waals surface area contributed by atoms with Crippen LogP contribution in [0.25, 0.3) is 0 Å². The van der Waals surface area contributed by atoms with Crippen molar-refractivity contribution in [3.8, 4) is 0 Å². The van der Waals surface area contributed by atoms with Crippen molar-refractivity contribution in [3.05, 3.63) is 47.5 Å². The van der Waals surface area contributed by atoms with E-state index in [1.54, 1.807) is 13.0 Å². The predicted molar refractivity (Wildman–Crippen MR) is 116 cm³/mol. The highest BCUT2D eigenvalue weighted by molar-refractivity contribution is 5.79. The summed E-state index contributed by atoms with van der Waals surface area (Å²) >= 11 is 0. The van der Waals surface area contributed by atoms with Crippen molar-refractivity contribution in [3.63, 3.8) is 0 Å². The Hall–Kier alpha value is -2.54. The molecule has 0 amide bonds. The number of guanidine groups is 1. The molecule has 3 rings (SSSR count). The Bertz CT molecular complexity index is 809. The van der Waals surface area contributed by atoms with Crippen LogP contribution in [0.15, 0.2) is 39.9 Å². The lowest BCUT2D eigenvalue weighted by Crippen LogP contribution is -2.44.